The minimum atomic E-state index is -4.79. The standard InChI is InChI=1S/C11H9F4N3O/c12-8-5-16-2-1-6(8)3-7-4-17-10(18-7)9(19)11(13,14)15/h1-2,4-5,9,19H,3H2,(H,17,18)/t9-/m0/s1. The molecule has 4 nitrogen and oxygen atoms in total. The van der Waals surface area contributed by atoms with Gasteiger partial charge in [0.25, 0.3) is 0 Å². The number of hydrogen-bond donors (Lipinski definition) is 2. The quantitative estimate of drug-likeness (QED) is 0.843. The Balaban J connectivity index is 2.16. The monoisotopic (exact) mass is 275 g/mol. The molecule has 0 saturated carbocycles. The SMILES string of the molecule is O[C@@H](c1nc(Cc2ccncc2F)c[nH]1)C(F)(F)F. The van der Waals surface area contributed by atoms with Gasteiger partial charge in [-0.15, -0.1) is 0 Å². The molecule has 0 radical (unpaired) electrons. The Morgan fingerprint density at radius 1 is 1.37 bits per heavy atom. The van der Waals surface area contributed by atoms with E-state index in [1.807, 2.05) is 0 Å². The molecule has 1 atom stereocenters. The number of H-pyrrole nitrogens is 1. The third kappa shape index (κ3) is 3.08. The molecule has 0 aromatic carbocycles. The highest BCUT2D eigenvalue weighted by Crippen LogP contribution is 2.30. The summed E-state index contributed by atoms with van der Waals surface area (Å²) in [6.45, 7) is 0. The summed E-state index contributed by atoms with van der Waals surface area (Å²) >= 11 is 0. The van der Waals surface area contributed by atoms with Gasteiger partial charge in [0.15, 0.2) is 0 Å². The average molecular weight is 275 g/mol. The third-order valence-corrected chi connectivity index (χ3v) is 2.45. The molecule has 0 fully saturated rings. The van der Waals surface area contributed by atoms with Crippen LogP contribution in [0.4, 0.5) is 17.6 Å². The summed E-state index contributed by atoms with van der Waals surface area (Å²) in [6, 6.07) is 1.41. The topological polar surface area (TPSA) is 61.8 Å². The molecule has 2 N–H and O–H groups in total. The second kappa shape index (κ2) is 4.96. The predicted molar refractivity (Wildman–Crippen MR) is 56.6 cm³/mol. The molecule has 0 aliphatic heterocycles. The van der Waals surface area contributed by atoms with Gasteiger partial charge in [-0.1, -0.05) is 0 Å². The molecule has 0 amide bonds. The lowest BCUT2D eigenvalue weighted by Crippen LogP contribution is -2.21. The number of alkyl halides is 3. The molecule has 8 heteroatoms. The number of imidazole rings is 1. The van der Waals surface area contributed by atoms with E-state index in [0.29, 0.717) is 0 Å². The van der Waals surface area contributed by atoms with Crippen molar-refractivity contribution >= 4 is 0 Å². The maximum absolute atomic E-state index is 13.3. The van der Waals surface area contributed by atoms with Crippen LogP contribution < -0.4 is 0 Å². The number of hydrogen-bond acceptors (Lipinski definition) is 3. The van der Waals surface area contributed by atoms with E-state index >= 15 is 0 Å². The van der Waals surface area contributed by atoms with Crippen LogP contribution >= 0.6 is 0 Å². The molecule has 2 aromatic rings. The van der Waals surface area contributed by atoms with Gasteiger partial charge < -0.3 is 10.1 Å². The number of aromatic nitrogens is 3. The fourth-order valence-corrected chi connectivity index (χ4v) is 1.50. The van der Waals surface area contributed by atoms with Gasteiger partial charge in [-0.25, -0.2) is 9.37 Å². The molecule has 0 bridgehead atoms. The van der Waals surface area contributed by atoms with E-state index in [2.05, 4.69) is 15.0 Å². The molecular weight excluding hydrogens is 266 g/mol. The van der Waals surface area contributed by atoms with Gasteiger partial charge in [0.1, 0.15) is 11.6 Å². The number of rotatable bonds is 3. The highest BCUT2D eigenvalue weighted by atomic mass is 19.4. The summed E-state index contributed by atoms with van der Waals surface area (Å²) in [5.74, 6) is -1.18. The first-order valence-corrected chi connectivity index (χ1v) is 5.25. The average Bonchev–Trinajstić information content (AvgIpc) is 2.78. The Morgan fingerprint density at radius 2 is 2.11 bits per heavy atom. The predicted octanol–water partition coefficient (Wildman–Crippen LogP) is 2.13. The van der Waals surface area contributed by atoms with Crippen molar-refractivity contribution in [2.75, 3.05) is 0 Å². The van der Waals surface area contributed by atoms with Gasteiger partial charge in [0, 0.05) is 18.8 Å². The Hall–Kier alpha value is -1.96. The van der Waals surface area contributed by atoms with E-state index in [4.69, 9.17) is 5.11 Å². The van der Waals surface area contributed by atoms with E-state index in [1.165, 1.54) is 18.5 Å². The van der Waals surface area contributed by atoms with E-state index in [1.54, 1.807) is 0 Å². The first-order valence-electron chi connectivity index (χ1n) is 5.25. The molecule has 102 valence electrons. The second-order valence-corrected chi connectivity index (χ2v) is 3.87. The van der Waals surface area contributed by atoms with Crippen molar-refractivity contribution in [3.05, 3.63) is 47.6 Å². The van der Waals surface area contributed by atoms with Crippen molar-refractivity contribution < 1.29 is 22.7 Å². The lowest BCUT2D eigenvalue weighted by molar-refractivity contribution is -0.209. The normalized spacial score (nSPS) is 13.5. The summed E-state index contributed by atoms with van der Waals surface area (Å²) < 4.78 is 50.1. The second-order valence-electron chi connectivity index (χ2n) is 3.87. The maximum atomic E-state index is 13.3. The van der Waals surface area contributed by atoms with Gasteiger partial charge >= 0.3 is 6.18 Å². The van der Waals surface area contributed by atoms with Crippen LogP contribution in [0.5, 0.6) is 0 Å². The molecule has 0 unspecified atom stereocenters. The molecule has 0 aliphatic rings. The first kappa shape index (κ1) is 13.5. The Morgan fingerprint density at radius 3 is 2.74 bits per heavy atom. The van der Waals surface area contributed by atoms with E-state index in [0.717, 1.165) is 6.20 Å². The number of aliphatic hydroxyl groups excluding tert-OH is 1. The fraction of sp³-hybridized carbons (Fsp3) is 0.273. The molecule has 19 heavy (non-hydrogen) atoms. The van der Waals surface area contributed by atoms with Gasteiger partial charge in [0.2, 0.25) is 6.10 Å². The molecule has 0 aliphatic carbocycles. The summed E-state index contributed by atoms with van der Waals surface area (Å²) in [7, 11) is 0. The third-order valence-electron chi connectivity index (χ3n) is 2.45. The van der Waals surface area contributed by atoms with Crippen LogP contribution in [-0.4, -0.2) is 26.2 Å². The van der Waals surface area contributed by atoms with Crippen LogP contribution in [0.2, 0.25) is 0 Å². The van der Waals surface area contributed by atoms with Crippen molar-refractivity contribution in [3.63, 3.8) is 0 Å². The number of halogens is 4. The highest BCUT2D eigenvalue weighted by Gasteiger charge is 2.41. The molecular formula is C11H9F4N3O. The summed E-state index contributed by atoms with van der Waals surface area (Å²) in [5, 5.41) is 8.99. The first-order chi connectivity index (χ1) is 8.88. The van der Waals surface area contributed by atoms with E-state index < -0.39 is 23.9 Å². The van der Waals surface area contributed by atoms with Gasteiger partial charge in [-0.2, -0.15) is 13.2 Å². The summed E-state index contributed by atoms with van der Waals surface area (Å²) in [6.07, 6.45) is -3.88. The molecule has 2 heterocycles. The van der Waals surface area contributed by atoms with Crippen LogP contribution in [0.3, 0.4) is 0 Å². The smallest absolute Gasteiger partial charge is 0.377 e. The minimum absolute atomic E-state index is 0.00936. The van der Waals surface area contributed by atoms with Crippen molar-refractivity contribution in [2.45, 2.75) is 18.7 Å². The van der Waals surface area contributed by atoms with Crippen molar-refractivity contribution in [1.82, 2.24) is 15.0 Å². The van der Waals surface area contributed by atoms with Crippen LogP contribution in [-0.2, 0) is 6.42 Å². The van der Waals surface area contributed by atoms with E-state index in [-0.39, 0.29) is 17.7 Å². The zero-order chi connectivity index (χ0) is 14.0. The Bertz CT molecular complexity index is 567. The van der Waals surface area contributed by atoms with Gasteiger partial charge in [-0.3, -0.25) is 4.98 Å². The van der Waals surface area contributed by atoms with E-state index in [9.17, 15) is 17.6 Å². The summed E-state index contributed by atoms with van der Waals surface area (Å²) in [4.78, 5) is 9.39. The number of nitrogens with one attached hydrogen (secondary N) is 1. The number of aromatic amines is 1. The number of nitrogens with zero attached hydrogens (tertiary/aromatic N) is 2. The highest BCUT2D eigenvalue weighted by molar-refractivity contribution is 5.20. The number of aliphatic hydroxyl groups is 1. The fourth-order valence-electron chi connectivity index (χ4n) is 1.50. The Kier molecular flexibility index (Phi) is 3.52. The number of pyridine rings is 1. The van der Waals surface area contributed by atoms with Crippen molar-refractivity contribution in [3.8, 4) is 0 Å². The lowest BCUT2D eigenvalue weighted by Gasteiger charge is -2.11. The Labute approximate surface area is 105 Å². The van der Waals surface area contributed by atoms with Crippen LogP contribution in [0.25, 0.3) is 0 Å². The minimum Gasteiger partial charge on any atom is -0.377 e. The van der Waals surface area contributed by atoms with Crippen LogP contribution in [0.1, 0.15) is 23.2 Å². The zero-order valence-corrected chi connectivity index (χ0v) is 9.45. The van der Waals surface area contributed by atoms with Crippen LogP contribution in [0.15, 0.2) is 24.7 Å². The van der Waals surface area contributed by atoms with Crippen molar-refractivity contribution in [1.29, 1.82) is 0 Å². The lowest BCUT2D eigenvalue weighted by atomic mass is 10.1. The summed E-state index contributed by atoms with van der Waals surface area (Å²) in [5.41, 5.74) is 0.456. The largest absolute Gasteiger partial charge is 0.421 e. The zero-order valence-electron chi connectivity index (χ0n) is 9.45. The van der Waals surface area contributed by atoms with Crippen LogP contribution in [0, 0.1) is 5.82 Å². The van der Waals surface area contributed by atoms with Gasteiger partial charge in [0.05, 0.1) is 11.9 Å². The molecule has 2 aromatic heterocycles. The molecule has 0 spiro atoms. The maximum Gasteiger partial charge on any atom is 0.421 e. The molecule has 2 rings (SSSR count). The van der Waals surface area contributed by atoms with Crippen molar-refractivity contribution in [2.24, 2.45) is 0 Å². The van der Waals surface area contributed by atoms with Gasteiger partial charge in [-0.05, 0) is 11.6 Å². The molecule has 0 saturated heterocycles.